The van der Waals surface area contributed by atoms with Gasteiger partial charge in [-0.15, -0.1) is 70.6 Å². The number of rotatable bonds is 29. The van der Waals surface area contributed by atoms with Crippen molar-refractivity contribution < 1.29 is 44.1 Å². The molecule has 13 nitrogen and oxygen atoms in total. The fourth-order valence-corrected chi connectivity index (χ4v) is 7.64. The first-order chi connectivity index (χ1) is 19.7. The van der Waals surface area contributed by atoms with Crippen molar-refractivity contribution in [2.75, 3.05) is 95.5 Å². The summed E-state index contributed by atoms with van der Waals surface area (Å²) in [6.45, 7) is -0.174. The summed E-state index contributed by atoms with van der Waals surface area (Å²) in [7, 11) is 0. The Morgan fingerprint density at radius 3 is 1.95 bits per heavy atom. The number of carbonyl (C=O) groups is 2. The molecule has 0 spiro atoms. The lowest BCUT2D eigenvalue weighted by Gasteiger charge is -2.05. The number of aliphatic hydroxyl groups is 2. The second-order valence-electron chi connectivity index (χ2n) is 6.31. The van der Waals surface area contributed by atoms with Crippen molar-refractivity contribution in [1.29, 1.82) is 0 Å². The fourth-order valence-electron chi connectivity index (χ4n) is 1.74. The number of alkyl carbamates (subject to hydrolysis) is 1. The number of hydrogen-bond donors (Lipinski definition) is 4. The van der Waals surface area contributed by atoms with Gasteiger partial charge in [0, 0.05) is 39.6 Å². The van der Waals surface area contributed by atoms with Crippen LogP contribution in [0.3, 0.4) is 0 Å². The standard InChI is InChI=1S/C20H38N4O9S7/c25-1-3-29-19(27)23-15-36-7-5-34-14-22-12-32-33-17-38-9-10-39-18-40-20(28)24-16-37-8-6-35-13-21-11-31-30-4-2-26/h11-12,25-26H,1-10,13-18H2,(H,23,27)(H,24,28)/b21-11+,22-12+. The van der Waals surface area contributed by atoms with Gasteiger partial charge in [-0.2, -0.15) is 9.78 Å². The Labute approximate surface area is 265 Å². The summed E-state index contributed by atoms with van der Waals surface area (Å²) >= 11 is 11.1. The maximum Gasteiger partial charge on any atom is 0.407 e. The van der Waals surface area contributed by atoms with Crippen molar-refractivity contribution in [3.05, 3.63) is 0 Å². The van der Waals surface area contributed by atoms with Gasteiger partial charge in [0.1, 0.15) is 19.2 Å². The van der Waals surface area contributed by atoms with Crippen LogP contribution in [0.15, 0.2) is 9.98 Å². The molecule has 0 aromatic rings. The lowest BCUT2D eigenvalue weighted by Crippen LogP contribution is -2.25. The van der Waals surface area contributed by atoms with Crippen LogP contribution < -0.4 is 10.6 Å². The molecule has 0 aliphatic heterocycles. The third kappa shape index (κ3) is 34.2. The van der Waals surface area contributed by atoms with Gasteiger partial charge in [-0.1, -0.05) is 11.8 Å². The molecule has 20 heteroatoms. The molecule has 0 bridgehead atoms. The quantitative estimate of drug-likeness (QED) is 0.0224. The van der Waals surface area contributed by atoms with E-state index in [4.69, 9.17) is 20.0 Å². The summed E-state index contributed by atoms with van der Waals surface area (Å²) in [6.07, 6.45) is 1.96. The van der Waals surface area contributed by atoms with E-state index in [1.165, 1.54) is 24.6 Å². The molecule has 0 aliphatic carbocycles. The molecule has 0 unspecified atom stereocenters. The summed E-state index contributed by atoms with van der Waals surface area (Å²) in [5, 5.41) is 23.2. The molecule has 0 atom stereocenters. The van der Waals surface area contributed by atoms with E-state index in [9.17, 15) is 9.59 Å². The first kappa shape index (κ1) is 40.0. The molecule has 0 rings (SSSR count). The molecule has 0 saturated carbocycles. The minimum atomic E-state index is -0.529. The smallest absolute Gasteiger partial charge is 0.407 e. The van der Waals surface area contributed by atoms with Crippen molar-refractivity contribution in [2.24, 2.45) is 9.98 Å². The molecule has 2 amide bonds. The zero-order chi connectivity index (χ0) is 29.2. The number of nitrogens with zero attached hydrogens (tertiary/aromatic N) is 2. The Morgan fingerprint density at radius 1 is 0.700 bits per heavy atom. The summed E-state index contributed by atoms with van der Waals surface area (Å²) in [5.41, 5.74) is 0. The van der Waals surface area contributed by atoms with Crippen LogP contribution in [0, 0.1) is 0 Å². The predicted molar refractivity (Wildman–Crippen MR) is 175 cm³/mol. The van der Waals surface area contributed by atoms with Crippen LogP contribution in [0.1, 0.15) is 0 Å². The van der Waals surface area contributed by atoms with Crippen LogP contribution >= 0.6 is 82.3 Å². The van der Waals surface area contributed by atoms with Crippen LogP contribution in [0.25, 0.3) is 0 Å². The van der Waals surface area contributed by atoms with E-state index < -0.39 is 6.09 Å². The minimum absolute atomic E-state index is 0.00207. The summed E-state index contributed by atoms with van der Waals surface area (Å²) in [4.78, 5) is 50.1. The normalized spacial score (nSPS) is 11.2. The average Bonchev–Trinajstić information content (AvgIpc) is 2.96. The van der Waals surface area contributed by atoms with E-state index >= 15 is 0 Å². The first-order valence-electron chi connectivity index (χ1n) is 11.7. The predicted octanol–water partition coefficient (Wildman–Crippen LogP) is 3.24. The van der Waals surface area contributed by atoms with Crippen molar-refractivity contribution >= 4 is 106 Å². The van der Waals surface area contributed by atoms with E-state index in [0.717, 1.165) is 34.5 Å². The van der Waals surface area contributed by atoms with E-state index in [1.54, 1.807) is 70.6 Å². The number of aliphatic imine (C=N–C) groups is 2. The molecule has 40 heavy (non-hydrogen) atoms. The van der Waals surface area contributed by atoms with Crippen LogP contribution in [0.5, 0.6) is 0 Å². The van der Waals surface area contributed by atoms with Gasteiger partial charge in [0.05, 0.1) is 36.7 Å². The lowest BCUT2D eigenvalue weighted by molar-refractivity contribution is -0.221. The summed E-state index contributed by atoms with van der Waals surface area (Å²) in [5.74, 6) is 7.88. The fraction of sp³-hybridized carbons (Fsp3) is 0.800. The molecule has 0 radical (unpaired) electrons. The number of nitrogens with one attached hydrogen (secondary N) is 2. The highest BCUT2D eigenvalue weighted by Crippen LogP contribution is 2.15. The number of carbonyl (C=O) groups excluding carboxylic acids is 2. The van der Waals surface area contributed by atoms with Crippen molar-refractivity contribution in [2.45, 2.75) is 0 Å². The van der Waals surface area contributed by atoms with E-state index in [0.29, 0.717) is 34.5 Å². The van der Waals surface area contributed by atoms with Crippen LogP contribution in [0.4, 0.5) is 9.59 Å². The third-order valence-electron chi connectivity index (χ3n) is 3.36. The van der Waals surface area contributed by atoms with Crippen LogP contribution in [0.2, 0.25) is 0 Å². The Morgan fingerprint density at radius 2 is 1.27 bits per heavy atom. The first-order valence-corrected chi connectivity index (χ1v) is 19.6. The zero-order valence-electron chi connectivity index (χ0n) is 22.0. The average molecular weight is 703 g/mol. The number of amides is 2. The summed E-state index contributed by atoms with van der Waals surface area (Å²) in [6, 6.07) is 0. The summed E-state index contributed by atoms with van der Waals surface area (Å²) < 4.78 is 4.67. The Bertz CT molecular complexity index is 647. The van der Waals surface area contributed by atoms with Crippen LogP contribution in [-0.2, 0) is 24.3 Å². The van der Waals surface area contributed by atoms with Gasteiger partial charge in [-0.3, -0.25) is 4.79 Å². The highest BCUT2D eigenvalue weighted by Gasteiger charge is 2.02. The van der Waals surface area contributed by atoms with Crippen molar-refractivity contribution in [3.63, 3.8) is 0 Å². The molecule has 0 heterocycles. The van der Waals surface area contributed by atoms with Gasteiger partial charge in [0.25, 0.3) is 5.24 Å². The molecule has 0 aromatic heterocycles. The maximum atomic E-state index is 11.8. The Balaban J connectivity index is 3.26. The second kappa shape index (κ2) is 35.2. The Kier molecular flexibility index (Phi) is 35.1. The second-order valence-corrected chi connectivity index (χ2v) is 14.1. The van der Waals surface area contributed by atoms with E-state index in [-0.39, 0.29) is 31.7 Å². The molecule has 0 saturated heterocycles. The third-order valence-corrected chi connectivity index (χ3v) is 10.3. The highest BCUT2D eigenvalue weighted by atomic mass is 32.2. The molecule has 0 aliphatic rings. The number of aliphatic hydroxyl groups excluding tert-OH is 2. The molecule has 0 fully saturated rings. The Hall–Kier alpha value is -0.0300. The largest absolute Gasteiger partial charge is 0.447 e. The zero-order valence-corrected chi connectivity index (χ0v) is 27.7. The molecular formula is C20H38N4O9S7. The van der Waals surface area contributed by atoms with Gasteiger partial charge in [0.2, 0.25) is 12.8 Å². The SMILES string of the molecule is O=C(NCSCCSC/N=C/OOCSCCSCSC(=O)NCSCCSC/N=C/OOCCO)OCCO. The van der Waals surface area contributed by atoms with E-state index in [2.05, 4.69) is 35.1 Å². The molecular weight excluding hydrogens is 665 g/mol. The van der Waals surface area contributed by atoms with Gasteiger partial charge in [0.15, 0.2) is 0 Å². The van der Waals surface area contributed by atoms with Crippen molar-refractivity contribution in [3.8, 4) is 0 Å². The van der Waals surface area contributed by atoms with E-state index in [1.807, 2.05) is 0 Å². The van der Waals surface area contributed by atoms with Gasteiger partial charge in [-0.05, 0) is 0 Å². The van der Waals surface area contributed by atoms with Gasteiger partial charge in [-0.25, -0.2) is 14.8 Å². The van der Waals surface area contributed by atoms with Crippen LogP contribution in [-0.4, -0.2) is 130 Å². The van der Waals surface area contributed by atoms with Gasteiger partial charge >= 0.3 is 6.09 Å². The van der Waals surface area contributed by atoms with Crippen molar-refractivity contribution in [1.82, 2.24) is 10.6 Å². The highest BCUT2D eigenvalue weighted by molar-refractivity contribution is 8.24. The number of ether oxygens (including phenoxy) is 1. The number of hydrogen-bond acceptors (Lipinski definition) is 18. The number of thioether (sulfide) groups is 7. The minimum Gasteiger partial charge on any atom is -0.447 e. The maximum absolute atomic E-state index is 11.8. The molecule has 4 N–H and O–H groups in total. The monoisotopic (exact) mass is 702 g/mol. The van der Waals surface area contributed by atoms with Gasteiger partial charge < -0.3 is 35.4 Å². The molecule has 234 valence electrons. The lowest BCUT2D eigenvalue weighted by atomic mass is 10.8. The topological polar surface area (TPSA) is 170 Å². The molecule has 0 aromatic carbocycles.